The van der Waals surface area contributed by atoms with E-state index < -0.39 is 0 Å². The van der Waals surface area contributed by atoms with Gasteiger partial charge in [0.05, 0.1) is 0 Å². The van der Waals surface area contributed by atoms with E-state index in [0.717, 1.165) is 21.2 Å². The molecular formula is C21H24N2O3S2. The third kappa shape index (κ3) is 5.87. The highest BCUT2D eigenvalue weighted by atomic mass is 33.1. The van der Waals surface area contributed by atoms with E-state index in [-0.39, 0.29) is 35.7 Å². The maximum atomic E-state index is 11.6. The quantitative estimate of drug-likeness (QED) is 0.330. The van der Waals surface area contributed by atoms with Gasteiger partial charge in [-0.1, -0.05) is 61.6 Å². The Bertz CT molecular complexity index is 794. The van der Waals surface area contributed by atoms with Crippen LogP contribution in [-0.2, 0) is 14.4 Å². The fourth-order valence-electron chi connectivity index (χ4n) is 2.33. The molecule has 5 nitrogen and oxygen atoms in total. The van der Waals surface area contributed by atoms with Crippen LogP contribution in [0, 0.1) is 0 Å². The van der Waals surface area contributed by atoms with Crippen LogP contribution in [0.25, 0.3) is 5.76 Å². The van der Waals surface area contributed by atoms with Crippen molar-refractivity contribution in [3.05, 3.63) is 66.4 Å². The zero-order valence-electron chi connectivity index (χ0n) is 16.3. The lowest BCUT2D eigenvalue weighted by atomic mass is 10.1. The first-order valence-corrected chi connectivity index (χ1v) is 11.3. The number of nitrogens with zero attached hydrogens (tertiary/aromatic N) is 2. The van der Waals surface area contributed by atoms with E-state index in [1.54, 1.807) is 27.8 Å². The second-order valence-corrected chi connectivity index (χ2v) is 8.27. The van der Waals surface area contributed by atoms with Crippen LogP contribution in [0.2, 0.25) is 0 Å². The summed E-state index contributed by atoms with van der Waals surface area (Å²) in [7, 11) is 3.36. The fourth-order valence-corrected chi connectivity index (χ4v) is 4.44. The zero-order valence-corrected chi connectivity index (χ0v) is 17.9. The van der Waals surface area contributed by atoms with E-state index in [4.69, 9.17) is 4.84 Å². The van der Waals surface area contributed by atoms with Crippen LogP contribution < -0.4 is 0 Å². The molecule has 1 atom stereocenters. The van der Waals surface area contributed by atoms with E-state index in [2.05, 4.69) is 18.5 Å². The molecule has 2 aromatic rings. The molecule has 0 spiro atoms. The largest absolute Gasteiger partial charge is 0.369 e. The Hall–Kier alpha value is -2.25. The molecule has 0 N–H and O–H groups in total. The average molecular weight is 417 g/mol. The van der Waals surface area contributed by atoms with E-state index in [0.29, 0.717) is 0 Å². The van der Waals surface area contributed by atoms with Gasteiger partial charge >= 0.3 is 0 Å². The molecule has 1 fully saturated rings. The molecule has 1 aliphatic heterocycles. The highest BCUT2D eigenvalue weighted by molar-refractivity contribution is 8.76. The van der Waals surface area contributed by atoms with Gasteiger partial charge in [0.1, 0.15) is 5.03 Å². The van der Waals surface area contributed by atoms with Crippen LogP contribution in [0.15, 0.2) is 60.3 Å². The number of carbonyl (C=O) groups is 2. The molecule has 0 saturated carbocycles. The number of imide groups is 1. The van der Waals surface area contributed by atoms with E-state index in [9.17, 15) is 9.59 Å². The summed E-state index contributed by atoms with van der Waals surface area (Å²) in [5.41, 5.74) is 1.89. The monoisotopic (exact) mass is 416 g/mol. The number of hydrogen-bond acceptors (Lipinski definition) is 6. The molecule has 28 heavy (non-hydrogen) atoms. The molecule has 148 valence electrons. The van der Waals surface area contributed by atoms with Crippen molar-refractivity contribution < 1.29 is 14.4 Å². The molecule has 1 aliphatic rings. The van der Waals surface area contributed by atoms with Gasteiger partial charge in [-0.2, -0.15) is 0 Å². The van der Waals surface area contributed by atoms with Gasteiger partial charge < -0.3 is 4.84 Å². The first kappa shape index (κ1) is 22.0. The van der Waals surface area contributed by atoms with Crippen molar-refractivity contribution in [1.29, 1.82) is 0 Å². The Kier molecular flexibility index (Phi) is 8.60. The van der Waals surface area contributed by atoms with Crippen molar-refractivity contribution in [3.8, 4) is 0 Å². The Morgan fingerprint density at radius 3 is 2.32 bits per heavy atom. The van der Waals surface area contributed by atoms with Crippen molar-refractivity contribution in [2.75, 3.05) is 0 Å². The number of rotatable bonds is 7. The number of hydroxylamine groups is 2. The molecule has 2 heterocycles. The second-order valence-electron chi connectivity index (χ2n) is 5.71. The van der Waals surface area contributed by atoms with Gasteiger partial charge in [0.15, 0.2) is 5.76 Å². The van der Waals surface area contributed by atoms with Gasteiger partial charge in [0.2, 0.25) is 0 Å². The minimum Gasteiger partial charge on any atom is -0.369 e. The number of aromatic nitrogens is 1. The number of pyridine rings is 1. The topological polar surface area (TPSA) is 59.5 Å². The van der Waals surface area contributed by atoms with Crippen LogP contribution in [0.1, 0.15) is 50.0 Å². The van der Waals surface area contributed by atoms with Crippen LogP contribution in [0.3, 0.4) is 0 Å². The van der Waals surface area contributed by atoms with Crippen molar-refractivity contribution in [2.24, 2.45) is 0 Å². The van der Waals surface area contributed by atoms with Gasteiger partial charge in [-0.05, 0) is 35.4 Å². The van der Waals surface area contributed by atoms with E-state index in [1.807, 2.05) is 56.3 Å². The number of amides is 2. The molecule has 0 radical (unpaired) electrons. The number of carbonyl (C=O) groups excluding carboxylic acids is 2. The Labute approximate surface area is 173 Å². The molecule has 1 aromatic carbocycles. The van der Waals surface area contributed by atoms with Crippen molar-refractivity contribution >= 4 is 39.2 Å². The first-order chi connectivity index (χ1) is 13.5. The lowest BCUT2D eigenvalue weighted by molar-refractivity contribution is -0.169. The van der Waals surface area contributed by atoms with Crippen LogP contribution in [-0.4, -0.2) is 21.9 Å². The summed E-state index contributed by atoms with van der Waals surface area (Å²) in [4.78, 5) is 32.9. The maximum Gasteiger partial charge on any atom is 0.263 e. The van der Waals surface area contributed by atoms with Crippen LogP contribution in [0.4, 0.5) is 0 Å². The predicted molar refractivity (Wildman–Crippen MR) is 115 cm³/mol. The van der Waals surface area contributed by atoms with Crippen molar-refractivity contribution in [1.82, 2.24) is 10.0 Å². The smallest absolute Gasteiger partial charge is 0.263 e. The van der Waals surface area contributed by atoms with E-state index in [1.165, 1.54) is 0 Å². The summed E-state index contributed by atoms with van der Waals surface area (Å²) in [6.45, 7) is 9.95. The highest BCUT2D eigenvalue weighted by Gasteiger charge is 2.31. The first-order valence-electron chi connectivity index (χ1n) is 9.12. The average Bonchev–Trinajstić information content (AvgIpc) is 3.06. The molecule has 0 aliphatic carbocycles. The van der Waals surface area contributed by atoms with Crippen molar-refractivity contribution in [2.45, 2.75) is 43.9 Å². The van der Waals surface area contributed by atoms with Gasteiger partial charge in [0, 0.05) is 29.9 Å². The summed E-state index contributed by atoms with van der Waals surface area (Å²) in [5, 5.41) is 2.05. The molecule has 7 heteroatoms. The summed E-state index contributed by atoms with van der Waals surface area (Å²) in [6.07, 6.45) is 2.16. The molecule has 3 rings (SSSR count). The van der Waals surface area contributed by atoms with Crippen LogP contribution in [0.5, 0.6) is 0 Å². The highest BCUT2D eigenvalue weighted by Crippen LogP contribution is 2.41. The molecular weight excluding hydrogens is 392 g/mol. The minimum absolute atomic E-state index is 0.188. The SMILES string of the molecule is C=C(ON1C(=O)CCC1=O)c1ccc(C(C)SSc2ccccn2)cc1.CC. The van der Waals surface area contributed by atoms with Gasteiger partial charge in [0.25, 0.3) is 11.8 Å². The molecule has 1 saturated heterocycles. The van der Waals surface area contributed by atoms with Crippen LogP contribution >= 0.6 is 21.6 Å². The third-order valence-corrected chi connectivity index (χ3v) is 6.56. The van der Waals surface area contributed by atoms with Gasteiger partial charge in [-0.3, -0.25) is 9.59 Å². The standard InChI is InChI=1S/C19H18N2O3S2.C2H6/c1-13(24-21-18(22)10-11-19(21)23)15-6-8-16(9-7-15)14(2)25-26-17-5-3-4-12-20-17;1-2/h3-9,12,14H,1,10-11H2,2H3;1-2H3. The Balaban J connectivity index is 0.00000136. The summed E-state index contributed by atoms with van der Waals surface area (Å²) in [6, 6.07) is 13.6. The lowest BCUT2D eigenvalue weighted by Gasteiger charge is -2.17. The predicted octanol–water partition coefficient (Wildman–Crippen LogP) is 5.66. The van der Waals surface area contributed by atoms with Gasteiger partial charge in [-0.25, -0.2) is 4.98 Å². The van der Waals surface area contributed by atoms with Gasteiger partial charge in [-0.15, -0.1) is 5.06 Å². The summed E-state index contributed by atoms with van der Waals surface area (Å²) in [5.74, 6) is -0.378. The molecule has 1 aromatic heterocycles. The maximum absolute atomic E-state index is 11.6. The molecule has 1 unspecified atom stereocenters. The lowest BCUT2D eigenvalue weighted by Crippen LogP contribution is -2.28. The minimum atomic E-state index is -0.329. The zero-order chi connectivity index (χ0) is 20.5. The summed E-state index contributed by atoms with van der Waals surface area (Å²) >= 11 is 0. The normalized spacial score (nSPS) is 14.3. The third-order valence-electron chi connectivity index (χ3n) is 3.82. The molecule has 2 amide bonds. The van der Waals surface area contributed by atoms with Crippen molar-refractivity contribution in [3.63, 3.8) is 0 Å². The Morgan fingerprint density at radius 1 is 1.11 bits per heavy atom. The number of hydrogen-bond donors (Lipinski definition) is 0. The second kappa shape index (κ2) is 10.9. The number of benzene rings is 1. The van der Waals surface area contributed by atoms with E-state index >= 15 is 0 Å². The molecule has 0 bridgehead atoms. The summed E-state index contributed by atoms with van der Waals surface area (Å²) < 4.78 is 0. The Morgan fingerprint density at radius 2 is 1.75 bits per heavy atom. The fraction of sp³-hybridized carbons (Fsp3) is 0.286.